The minimum atomic E-state index is -0.0296. The number of nitrogens with zero attached hydrogens (tertiary/aromatic N) is 3. The molecule has 1 aromatic heterocycles. The SMILES string of the molecule is COc1cccc(Nc2nccc(C(=O)N3CCC(C)CC3)n2)c1. The standard InChI is InChI=1S/C18H22N4O2/c1-13-7-10-22(11-8-13)17(23)16-6-9-19-18(21-16)20-14-4-3-5-15(12-14)24-2/h3-6,9,12-13H,7-8,10-11H2,1-2H3,(H,19,20,21). The van der Waals surface area contributed by atoms with Crippen molar-refractivity contribution in [3.8, 4) is 5.75 Å². The van der Waals surface area contributed by atoms with Crippen molar-refractivity contribution in [3.63, 3.8) is 0 Å². The molecule has 0 atom stereocenters. The highest BCUT2D eigenvalue weighted by Crippen LogP contribution is 2.20. The molecule has 0 bridgehead atoms. The number of ether oxygens (including phenoxy) is 1. The van der Waals surface area contributed by atoms with Crippen LogP contribution in [-0.4, -0.2) is 41.0 Å². The van der Waals surface area contributed by atoms with Crippen LogP contribution in [0.3, 0.4) is 0 Å². The molecule has 1 N–H and O–H groups in total. The maximum atomic E-state index is 12.6. The Bertz CT molecular complexity index is 712. The quantitative estimate of drug-likeness (QED) is 0.935. The van der Waals surface area contributed by atoms with Crippen molar-refractivity contribution < 1.29 is 9.53 Å². The van der Waals surface area contributed by atoms with Crippen LogP contribution in [0.25, 0.3) is 0 Å². The van der Waals surface area contributed by atoms with Crippen molar-refractivity contribution in [2.24, 2.45) is 5.92 Å². The Morgan fingerprint density at radius 3 is 2.83 bits per heavy atom. The van der Waals surface area contributed by atoms with Gasteiger partial charge in [0.2, 0.25) is 5.95 Å². The molecule has 3 rings (SSSR count). The third-order valence-corrected chi connectivity index (χ3v) is 4.27. The van der Waals surface area contributed by atoms with E-state index in [4.69, 9.17) is 4.74 Å². The minimum Gasteiger partial charge on any atom is -0.497 e. The first-order valence-electron chi connectivity index (χ1n) is 8.19. The maximum absolute atomic E-state index is 12.6. The Hall–Kier alpha value is -2.63. The molecule has 126 valence electrons. The first-order valence-corrected chi connectivity index (χ1v) is 8.19. The number of amides is 1. The highest BCUT2D eigenvalue weighted by molar-refractivity contribution is 5.92. The van der Waals surface area contributed by atoms with Crippen LogP contribution in [-0.2, 0) is 0 Å². The summed E-state index contributed by atoms with van der Waals surface area (Å²) in [6.07, 6.45) is 3.70. The van der Waals surface area contributed by atoms with Gasteiger partial charge in [-0.15, -0.1) is 0 Å². The zero-order valence-corrected chi connectivity index (χ0v) is 14.0. The molecule has 24 heavy (non-hydrogen) atoms. The molecule has 6 nitrogen and oxygen atoms in total. The lowest BCUT2D eigenvalue weighted by Crippen LogP contribution is -2.38. The molecule has 2 aromatic rings. The van der Waals surface area contributed by atoms with E-state index < -0.39 is 0 Å². The van der Waals surface area contributed by atoms with Crippen molar-refractivity contribution in [1.29, 1.82) is 0 Å². The molecule has 1 aromatic carbocycles. The maximum Gasteiger partial charge on any atom is 0.272 e. The van der Waals surface area contributed by atoms with Crippen LogP contribution in [0.4, 0.5) is 11.6 Å². The summed E-state index contributed by atoms with van der Waals surface area (Å²) in [6.45, 7) is 3.81. The van der Waals surface area contributed by atoms with Gasteiger partial charge in [0, 0.05) is 31.0 Å². The van der Waals surface area contributed by atoms with Crippen molar-refractivity contribution in [3.05, 3.63) is 42.2 Å². The van der Waals surface area contributed by atoms with Crippen molar-refractivity contribution in [2.45, 2.75) is 19.8 Å². The second kappa shape index (κ2) is 7.29. The average molecular weight is 326 g/mol. The fraction of sp³-hybridized carbons (Fsp3) is 0.389. The van der Waals surface area contributed by atoms with E-state index in [1.165, 1.54) is 0 Å². The molecule has 6 heteroatoms. The van der Waals surface area contributed by atoms with Crippen LogP contribution in [0.1, 0.15) is 30.3 Å². The lowest BCUT2D eigenvalue weighted by atomic mass is 9.99. The Labute approximate surface area is 141 Å². The number of carbonyl (C=O) groups is 1. The van der Waals surface area contributed by atoms with Gasteiger partial charge in [-0.3, -0.25) is 4.79 Å². The fourth-order valence-electron chi connectivity index (χ4n) is 2.74. The van der Waals surface area contributed by atoms with Crippen LogP contribution in [0.2, 0.25) is 0 Å². The van der Waals surface area contributed by atoms with Gasteiger partial charge in [0.05, 0.1) is 7.11 Å². The lowest BCUT2D eigenvalue weighted by Gasteiger charge is -2.30. The molecule has 0 radical (unpaired) electrons. The van der Waals surface area contributed by atoms with E-state index in [1.807, 2.05) is 29.2 Å². The van der Waals surface area contributed by atoms with Gasteiger partial charge in [-0.2, -0.15) is 0 Å². The summed E-state index contributed by atoms with van der Waals surface area (Å²) >= 11 is 0. The molecule has 1 aliphatic rings. The van der Waals surface area contributed by atoms with Gasteiger partial charge in [0.15, 0.2) is 0 Å². The molecule has 1 aliphatic heterocycles. The molecular formula is C18H22N4O2. The molecular weight excluding hydrogens is 304 g/mol. The van der Waals surface area contributed by atoms with Gasteiger partial charge in [0.1, 0.15) is 11.4 Å². The number of hydrogen-bond donors (Lipinski definition) is 1. The van der Waals surface area contributed by atoms with E-state index >= 15 is 0 Å². The summed E-state index contributed by atoms with van der Waals surface area (Å²) in [7, 11) is 1.62. The Kier molecular flexibility index (Phi) is 4.93. The van der Waals surface area contributed by atoms with Crippen LogP contribution < -0.4 is 10.1 Å². The van der Waals surface area contributed by atoms with E-state index in [2.05, 4.69) is 22.2 Å². The van der Waals surface area contributed by atoms with E-state index in [0.717, 1.165) is 37.4 Å². The van der Waals surface area contributed by atoms with Crippen LogP contribution in [0.15, 0.2) is 36.5 Å². The van der Waals surface area contributed by atoms with Gasteiger partial charge in [-0.25, -0.2) is 9.97 Å². The predicted molar refractivity (Wildman–Crippen MR) is 92.6 cm³/mol. The van der Waals surface area contributed by atoms with E-state index in [-0.39, 0.29) is 5.91 Å². The Morgan fingerprint density at radius 1 is 1.29 bits per heavy atom. The van der Waals surface area contributed by atoms with Gasteiger partial charge in [0.25, 0.3) is 5.91 Å². The fourth-order valence-corrected chi connectivity index (χ4v) is 2.74. The Morgan fingerprint density at radius 2 is 2.08 bits per heavy atom. The number of piperidine rings is 1. The molecule has 1 saturated heterocycles. The summed E-state index contributed by atoms with van der Waals surface area (Å²) in [6, 6.07) is 9.15. The number of rotatable bonds is 4. The Balaban J connectivity index is 1.72. The first kappa shape index (κ1) is 16.2. The molecule has 0 saturated carbocycles. The lowest BCUT2D eigenvalue weighted by molar-refractivity contribution is 0.0691. The third-order valence-electron chi connectivity index (χ3n) is 4.27. The molecule has 1 fully saturated rings. The highest BCUT2D eigenvalue weighted by atomic mass is 16.5. The number of aromatic nitrogens is 2. The molecule has 2 heterocycles. The minimum absolute atomic E-state index is 0.0296. The second-order valence-electron chi connectivity index (χ2n) is 6.10. The van der Waals surface area contributed by atoms with E-state index in [1.54, 1.807) is 19.4 Å². The number of carbonyl (C=O) groups excluding carboxylic acids is 1. The number of methoxy groups -OCH3 is 1. The normalized spacial score (nSPS) is 15.2. The number of nitrogens with one attached hydrogen (secondary N) is 1. The van der Waals surface area contributed by atoms with Crippen molar-refractivity contribution in [2.75, 3.05) is 25.5 Å². The van der Waals surface area contributed by atoms with Gasteiger partial charge in [-0.05, 0) is 37.0 Å². The largest absolute Gasteiger partial charge is 0.497 e. The number of anilines is 2. The predicted octanol–water partition coefficient (Wildman–Crippen LogP) is 3.10. The summed E-state index contributed by atoms with van der Waals surface area (Å²) in [5.74, 6) is 1.80. The number of likely N-dealkylation sites (tertiary alicyclic amines) is 1. The first-order chi connectivity index (χ1) is 11.7. The molecule has 0 spiro atoms. The molecule has 0 aliphatic carbocycles. The number of hydrogen-bond acceptors (Lipinski definition) is 5. The topological polar surface area (TPSA) is 67.3 Å². The zero-order chi connectivity index (χ0) is 16.9. The van der Waals surface area contributed by atoms with E-state index in [0.29, 0.717) is 17.6 Å². The monoisotopic (exact) mass is 326 g/mol. The van der Waals surface area contributed by atoms with Crippen LogP contribution in [0, 0.1) is 5.92 Å². The van der Waals surface area contributed by atoms with Gasteiger partial charge >= 0.3 is 0 Å². The second-order valence-corrected chi connectivity index (χ2v) is 6.10. The molecule has 0 unspecified atom stereocenters. The average Bonchev–Trinajstić information content (AvgIpc) is 2.62. The van der Waals surface area contributed by atoms with Crippen molar-refractivity contribution >= 4 is 17.5 Å². The summed E-state index contributed by atoms with van der Waals surface area (Å²) in [4.78, 5) is 23.0. The zero-order valence-electron chi connectivity index (χ0n) is 14.0. The third kappa shape index (κ3) is 3.82. The molecule has 1 amide bonds. The summed E-state index contributed by atoms with van der Waals surface area (Å²) in [5.41, 5.74) is 1.23. The summed E-state index contributed by atoms with van der Waals surface area (Å²) < 4.78 is 5.20. The van der Waals surface area contributed by atoms with Crippen LogP contribution >= 0.6 is 0 Å². The van der Waals surface area contributed by atoms with Crippen LogP contribution in [0.5, 0.6) is 5.75 Å². The van der Waals surface area contributed by atoms with Gasteiger partial charge in [-0.1, -0.05) is 13.0 Å². The van der Waals surface area contributed by atoms with E-state index in [9.17, 15) is 4.79 Å². The van der Waals surface area contributed by atoms with Gasteiger partial charge < -0.3 is 15.0 Å². The van der Waals surface area contributed by atoms with Crippen molar-refractivity contribution in [1.82, 2.24) is 14.9 Å². The number of benzene rings is 1. The smallest absolute Gasteiger partial charge is 0.272 e. The highest BCUT2D eigenvalue weighted by Gasteiger charge is 2.22. The summed E-state index contributed by atoms with van der Waals surface area (Å²) in [5, 5.41) is 3.11.